The maximum absolute atomic E-state index is 4.09. The zero-order valence-corrected chi connectivity index (χ0v) is 6.37. The first-order valence-electron chi connectivity index (χ1n) is 2.93. The molecule has 0 saturated heterocycles. The molecule has 1 aliphatic carbocycles. The second-order valence-electron chi connectivity index (χ2n) is 2.22. The molecule has 48 valence electrons. The number of rotatable bonds is 1. The molecule has 0 unspecified atom stereocenters. The minimum Gasteiger partial charge on any atom is -0.181 e. The first-order chi connectivity index (χ1) is 4.36. The Morgan fingerprint density at radius 3 is 2.89 bits per heavy atom. The molecule has 1 saturated carbocycles. The van der Waals surface area contributed by atoms with Crippen molar-refractivity contribution >= 4 is 15.9 Å². The summed E-state index contributed by atoms with van der Waals surface area (Å²) in [4.78, 5) is 1.77. The lowest BCUT2D eigenvalue weighted by atomic mass is 10.8. The monoisotopic (exact) mass is 187 g/mol. The molecule has 1 aromatic heterocycles. The third kappa shape index (κ3) is 0.986. The molecular formula is C5H6BrN3. The molecule has 1 heterocycles. The number of aromatic nitrogens is 3. The number of hydrogen-bond donors (Lipinski definition) is 0. The summed E-state index contributed by atoms with van der Waals surface area (Å²) in [5.74, 6) is 0. The van der Waals surface area contributed by atoms with Crippen LogP contribution in [0.4, 0.5) is 0 Å². The number of nitrogens with zero attached hydrogens (tertiary/aromatic N) is 3. The van der Waals surface area contributed by atoms with Gasteiger partial charge in [-0.1, -0.05) is 0 Å². The van der Waals surface area contributed by atoms with Crippen LogP contribution in [0.25, 0.3) is 0 Å². The van der Waals surface area contributed by atoms with E-state index in [1.54, 1.807) is 11.0 Å². The molecule has 2 rings (SSSR count). The lowest BCUT2D eigenvalue weighted by molar-refractivity contribution is 0.551. The van der Waals surface area contributed by atoms with Crippen LogP contribution in [0.5, 0.6) is 0 Å². The molecule has 0 N–H and O–H groups in total. The summed E-state index contributed by atoms with van der Waals surface area (Å²) in [6.45, 7) is 0. The topological polar surface area (TPSA) is 30.7 Å². The van der Waals surface area contributed by atoms with Gasteiger partial charge in [-0.3, -0.25) is 0 Å². The summed E-state index contributed by atoms with van der Waals surface area (Å²) >= 11 is 3.23. The maximum Gasteiger partial charge on any atom is 0.148 e. The average Bonchev–Trinajstić information content (AvgIpc) is 2.58. The quantitative estimate of drug-likeness (QED) is 0.666. The van der Waals surface area contributed by atoms with E-state index in [0.29, 0.717) is 6.04 Å². The molecule has 0 aromatic carbocycles. The second kappa shape index (κ2) is 1.80. The first kappa shape index (κ1) is 5.41. The predicted octanol–water partition coefficient (Wildman–Crippen LogP) is 1.38. The summed E-state index contributed by atoms with van der Waals surface area (Å²) in [5, 5.41) is 8.13. The third-order valence-electron chi connectivity index (χ3n) is 1.35. The summed E-state index contributed by atoms with van der Waals surface area (Å²) < 4.78 is 0.828. The lowest BCUT2D eigenvalue weighted by Gasteiger charge is -1.89. The normalized spacial score (nSPS) is 18.3. The van der Waals surface area contributed by atoms with Crippen LogP contribution in [0.1, 0.15) is 18.9 Å². The van der Waals surface area contributed by atoms with Gasteiger partial charge in [-0.25, -0.2) is 0 Å². The Hall–Kier alpha value is -0.380. The van der Waals surface area contributed by atoms with Crippen LogP contribution in [-0.2, 0) is 0 Å². The van der Waals surface area contributed by atoms with E-state index < -0.39 is 0 Å². The van der Waals surface area contributed by atoms with Crippen molar-refractivity contribution in [2.45, 2.75) is 18.9 Å². The highest BCUT2D eigenvalue weighted by Crippen LogP contribution is 2.33. The van der Waals surface area contributed by atoms with Gasteiger partial charge in [0.15, 0.2) is 0 Å². The van der Waals surface area contributed by atoms with Crippen LogP contribution in [0.15, 0.2) is 10.8 Å². The van der Waals surface area contributed by atoms with Crippen LogP contribution < -0.4 is 0 Å². The zero-order chi connectivity index (χ0) is 6.27. The molecule has 1 aromatic rings. The van der Waals surface area contributed by atoms with E-state index >= 15 is 0 Å². The van der Waals surface area contributed by atoms with Crippen molar-refractivity contribution in [1.29, 1.82) is 0 Å². The summed E-state index contributed by atoms with van der Waals surface area (Å²) in [6, 6.07) is 0.594. The highest BCUT2D eigenvalue weighted by molar-refractivity contribution is 9.10. The highest BCUT2D eigenvalue weighted by atomic mass is 79.9. The molecule has 0 radical (unpaired) electrons. The molecule has 4 heteroatoms. The first-order valence-corrected chi connectivity index (χ1v) is 3.73. The van der Waals surface area contributed by atoms with Gasteiger partial charge in [0, 0.05) is 0 Å². The van der Waals surface area contributed by atoms with Gasteiger partial charge in [0.1, 0.15) is 4.60 Å². The Balaban J connectivity index is 2.28. The van der Waals surface area contributed by atoms with Crippen molar-refractivity contribution < 1.29 is 0 Å². The molecule has 1 aliphatic rings. The molecular weight excluding hydrogens is 182 g/mol. The minimum atomic E-state index is 0.594. The molecule has 0 amide bonds. The second-order valence-corrected chi connectivity index (χ2v) is 3.03. The van der Waals surface area contributed by atoms with E-state index in [0.717, 1.165) is 4.60 Å². The van der Waals surface area contributed by atoms with Crippen LogP contribution in [0.2, 0.25) is 0 Å². The van der Waals surface area contributed by atoms with Crippen molar-refractivity contribution in [2.24, 2.45) is 0 Å². The summed E-state index contributed by atoms with van der Waals surface area (Å²) in [5.41, 5.74) is 0. The van der Waals surface area contributed by atoms with E-state index in [1.165, 1.54) is 12.8 Å². The maximum atomic E-state index is 4.09. The van der Waals surface area contributed by atoms with E-state index in [9.17, 15) is 0 Å². The largest absolute Gasteiger partial charge is 0.181 e. The number of hydrogen-bond acceptors (Lipinski definition) is 2. The Bertz CT molecular complexity index is 216. The van der Waals surface area contributed by atoms with Crippen molar-refractivity contribution in [3.63, 3.8) is 0 Å². The van der Waals surface area contributed by atoms with Crippen LogP contribution >= 0.6 is 15.9 Å². The van der Waals surface area contributed by atoms with Crippen LogP contribution in [0.3, 0.4) is 0 Å². The standard InChI is InChI=1S/C5H6BrN3/c6-5-3-7-9(8-5)4-1-2-4/h3-4H,1-2H2. The van der Waals surface area contributed by atoms with Gasteiger partial charge in [-0.15, -0.1) is 5.10 Å². The highest BCUT2D eigenvalue weighted by Gasteiger charge is 2.25. The van der Waals surface area contributed by atoms with E-state index in [-0.39, 0.29) is 0 Å². The fourth-order valence-electron chi connectivity index (χ4n) is 0.738. The molecule has 0 aliphatic heterocycles. The van der Waals surface area contributed by atoms with Gasteiger partial charge in [-0.05, 0) is 28.8 Å². The average molecular weight is 188 g/mol. The Labute approximate surface area is 61.2 Å². The van der Waals surface area contributed by atoms with Crippen molar-refractivity contribution in [3.8, 4) is 0 Å². The third-order valence-corrected chi connectivity index (χ3v) is 1.72. The molecule has 9 heavy (non-hydrogen) atoms. The summed E-state index contributed by atoms with van der Waals surface area (Å²) in [6.07, 6.45) is 4.20. The molecule has 0 bridgehead atoms. The van der Waals surface area contributed by atoms with Gasteiger partial charge in [0.25, 0.3) is 0 Å². The fraction of sp³-hybridized carbons (Fsp3) is 0.600. The Morgan fingerprint density at radius 1 is 1.67 bits per heavy atom. The number of halogens is 1. The smallest absolute Gasteiger partial charge is 0.148 e. The van der Waals surface area contributed by atoms with Crippen LogP contribution in [-0.4, -0.2) is 15.0 Å². The molecule has 3 nitrogen and oxygen atoms in total. The van der Waals surface area contributed by atoms with Gasteiger partial charge in [0.05, 0.1) is 12.2 Å². The zero-order valence-electron chi connectivity index (χ0n) is 4.79. The van der Waals surface area contributed by atoms with Gasteiger partial charge < -0.3 is 0 Å². The van der Waals surface area contributed by atoms with Gasteiger partial charge in [0.2, 0.25) is 0 Å². The van der Waals surface area contributed by atoms with Crippen molar-refractivity contribution in [1.82, 2.24) is 15.0 Å². The predicted molar refractivity (Wildman–Crippen MR) is 36.0 cm³/mol. The van der Waals surface area contributed by atoms with E-state index in [1.807, 2.05) is 0 Å². The Kier molecular flexibility index (Phi) is 1.08. The SMILES string of the molecule is Brc1cnn(C2CC2)n1. The van der Waals surface area contributed by atoms with Crippen molar-refractivity contribution in [2.75, 3.05) is 0 Å². The summed E-state index contributed by atoms with van der Waals surface area (Å²) in [7, 11) is 0. The van der Waals surface area contributed by atoms with E-state index in [2.05, 4.69) is 26.1 Å². The molecule has 0 spiro atoms. The fourth-order valence-corrected chi connectivity index (χ4v) is 0.992. The molecule has 1 fully saturated rings. The molecule has 0 atom stereocenters. The van der Waals surface area contributed by atoms with Crippen LogP contribution in [0, 0.1) is 0 Å². The van der Waals surface area contributed by atoms with Crippen molar-refractivity contribution in [3.05, 3.63) is 10.8 Å². The van der Waals surface area contributed by atoms with E-state index in [4.69, 9.17) is 0 Å². The van der Waals surface area contributed by atoms with Gasteiger partial charge in [-0.2, -0.15) is 9.90 Å². The lowest BCUT2D eigenvalue weighted by Crippen LogP contribution is -1.97. The Morgan fingerprint density at radius 2 is 2.44 bits per heavy atom. The van der Waals surface area contributed by atoms with Gasteiger partial charge >= 0.3 is 0 Å². The minimum absolute atomic E-state index is 0.594.